The van der Waals surface area contributed by atoms with Gasteiger partial charge in [-0.1, -0.05) is 39.1 Å². The number of hydrogen-bond donors (Lipinski definition) is 2. The summed E-state index contributed by atoms with van der Waals surface area (Å²) >= 11 is 15.2. The first kappa shape index (κ1) is 15.6. The summed E-state index contributed by atoms with van der Waals surface area (Å²) in [5, 5.41) is 11.9. The van der Waals surface area contributed by atoms with Crippen LogP contribution in [0.3, 0.4) is 0 Å². The number of aliphatic carboxylic acids is 1. The molecule has 0 radical (unpaired) electrons. The van der Waals surface area contributed by atoms with Crippen molar-refractivity contribution >= 4 is 56.7 Å². The first-order valence-electron chi connectivity index (χ1n) is 5.72. The summed E-state index contributed by atoms with van der Waals surface area (Å²) in [7, 11) is 0. The minimum atomic E-state index is -1.07. The van der Waals surface area contributed by atoms with E-state index in [2.05, 4.69) is 21.2 Å². The zero-order valence-electron chi connectivity index (χ0n) is 10.0. The number of hydrogen-bond acceptors (Lipinski definition) is 3. The Bertz CT molecular complexity index is 543. The van der Waals surface area contributed by atoms with E-state index in [1.165, 1.54) is 0 Å². The number of carboxylic acid groups (broad SMARTS) is 1. The molecule has 1 aromatic carbocycles. The van der Waals surface area contributed by atoms with Crippen LogP contribution in [-0.2, 0) is 14.3 Å². The van der Waals surface area contributed by atoms with Crippen molar-refractivity contribution in [1.82, 2.24) is 0 Å². The predicted molar refractivity (Wildman–Crippen MR) is 78.3 cm³/mol. The molecule has 1 fully saturated rings. The van der Waals surface area contributed by atoms with Crippen LogP contribution in [0.4, 0.5) is 5.69 Å². The van der Waals surface area contributed by atoms with Gasteiger partial charge in [0.25, 0.3) is 5.91 Å². The van der Waals surface area contributed by atoms with E-state index in [9.17, 15) is 9.59 Å². The SMILES string of the molecule is O=C(Nc1c(Cl)cc(Br)cc1Cl)[C@@H]1CC[C@H](C(=O)O)O1. The molecule has 2 N–H and O–H groups in total. The van der Waals surface area contributed by atoms with Crippen LogP contribution in [0.1, 0.15) is 12.8 Å². The fourth-order valence-electron chi connectivity index (χ4n) is 1.88. The number of rotatable bonds is 3. The average Bonchev–Trinajstić information content (AvgIpc) is 2.83. The van der Waals surface area contributed by atoms with Crippen LogP contribution in [0.2, 0.25) is 10.0 Å². The van der Waals surface area contributed by atoms with Crippen LogP contribution < -0.4 is 5.32 Å². The van der Waals surface area contributed by atoms with E-state index in [1.807, 2.05) is 0 Å². The van der Waals surface area contributed by atoms with Crippen LogP contribution in [-0.4, -0.2) is 29.2 Å². The number of carbonyl (C=O) groups is 2. The average molecular weight is 383 g/mol. The maximum absolute atomic E-state index is 12.0. The Morgan fingerprint density at radius 2 is 1.80 bits per heavy atom. The van der Waals surface area contributed by atoms with Crippen molar-refractivity contribution in [2.75, 3.05) is 5.32 Å². The summed E-state index contributed by atoms with van der Waals surface area (Å²) in [6, 6.07) is 3.19. The van der Waals surface area contributed by atoms with Crippen molar-refractivity contribution in [3.8, 4) is 0 Å². The molecule has 1 saturated heterocycles. The summed E-state index contributed by atoms with van der Waals surface area (Å²) in [5.74, 6) is -1.53. The first-order valence-corrected chi connectivity index (χ1v) is 7.27. The Kier molecular flexibility index (Phi) is 4.90. The number of ether oxygens (including phenoxy) is 1. The van der Waals surface area contributed by atoms with Crippen LogP contribution in [0.15, 0.2) is 16.6 Å². The summed E-state index contributed by atoms with van der Waals surface area (Å²) in [4.78, 5) is 22.8. The number of amides is 1. The van der Waals surface area contributed by atoms with Gasteiger partial charge >= 0.3 is 5.97 Å². The van der Waals surface area contributed by atoms with Crippen molar-refractivity contribution in [2.24, 2.45) is 0 Å². The lowest BCUT2D eigenvalue weighted by molar-refractivity contribution is -0.150. The highest BCUT2D eigenvalue weighted by Gasteiger charge is 2.35. The van der Waals surface area contributed by atoms with Gasteiger partial charge in [-0.05, 0) is 25.0 Å². The van der Waals surface area contributed by atoms with Crippen molar-refractivity contribution in [1.29, 1.82) is 0 Å². The van der Waals surface area contributed by atoms with Crippen LogP contribution >= 0.6 is 39.1 Å². The molecule has 0 aliphatic carbocycles. The number of carboxylic acids is 1. The minimum Gasteiger partial charge on any atom is -0.479 e. The molecule has 0 unspecified atom stereocenters. The quantitative estimate of drug-likeness (QED) is 0.840. The Balaban J connectivity index is 2.08. The third-order valence-electron chi connectivity index (χ3n) is 2.84. The zero-order valence-corrected chi connectivity index (χ0v) is 13.1. The lowest BCUT2D eigenvalue weighted by Gasteiger charge is -2.14. The number of nitrogens with one attached hydrogen (secondary N) is 1. The Morgan fingerprint density at radius 3 is 2.30 bits per heavy atom. The van der Waals surface area contributed by atoms with E-state index in [1.54, 1.807) is 12.1 Å². The molecule has 0 spiro atoms. The van der Waals surface area contributed by atoms with Crippen molar-refractivity contribution in [2.45, 2.75) is 25.0 Å². The van der Waals surface area contributed by atoms with Gasteiger partial charge in [0.1, 0.15) is 6.10 Å². The third kappa shape index (κ3) is 3.44. The molecule has 0 aromatic heterocycles. The number of carbonyl (C=O) groups excluding carboxylic acids is 1. The Hall–Kier alpha value is -0.820. The van der Waals surface area contributed by atoms with Gasteiger partial charge < -0.3 is 15.2 Å². The van der Waals surface area contributed by atoms with Crippen molar-refractivity contribution in [3.63, 3.8) is 0 Å². The van der Waals surface area contributed by atoms with Gasteiger partial charge in [0.2, 0.25) is 0 Å². The van der Waals surface area contributed by atoms with E-state index in [0.29, 0.717) is 17.3 Å². The van der Waals surface area contributed by atoms with E-state index in [4.69, 9.17) is 33.0 Å². The second-order valence-corrected chi connectivity index (χ2v) is 5.99. The maximum atomic E-state index is 12.0. The smallest absolute Gasteiger partial charge is 0.332 e. The fraction of sp³-hybridized carbons (Fsp3) is 0.333. The molecule has 5 nitrogen and oxygen atoms in total. The molecular formula is C12H10BrCl2NO4. The summed E-state index contributed by atoms with van der Waals surface area (Å²) in [6.07, 6.45) is -1.11. The predicted octanol–water partition coefficient (Wildman–Crippen LogP) is 3.33. The molecule has 20 heavy (non-hydrogen) atoms. The minimum absolute atomic E-state index is 0.281. The van der Waals surface area contributed by atoms with E-state index in [-0.39, 0.29) is 15.7 Å². The molecule has 1 aliphatic rings. The maximum Gasteiger partial charge on any atom is 0.332 e. The summed E-state index contributed by atoms with van der Waals surface area (Å²) < 4.78 is 5.84. The highest BCUT2D eigenvalue weighted by atomic mass is 79.9. The first-order chi connectivity index (χ1) is 9.38. The molecule has 1 heterocycles. The van der Waals surface area contributed by atoms with E-state index >= 15 is 0 Å². The molecule has 2 atom stereocenters. The monoisotopic (exact) mass is 381 g/mol. The van der Waals surface area contributed by atoms with E-state index < -0.39 is 24.1 Å². The lowest BCUT2D eigenvalue weighted by Crippen LogP contribution is -2.30. The van der Waals surface area contributed by atoms with Gasteiger partial charge in [-0.3, -0.25) is 4.79 Å². The standard InChI is InChI=1S/C12H10BrCl2NO4/c13-5-3-6(14)10(7(15)4-5)16-11(17)8-1-2-9(20-8)12(18)19/h3-4,8-9H,1-2H2,(H,16,17)(H,18,19)/t8-,9+/m0/s1. The molecule has 108 valence electrons. The van der Waals surface area contributed by atoms with Gasteiger partial charge in [-0.25, -0.2) is 4.79 Å². The third-order valence-corrected chi connectivity index (χ3v) is 3.90. The number of halogens is 3. The second-order valence-electron chi connectivity index (χ2n) is 4.26. The van der Waals surface area contributed by atoms with Gasteiger partial charge in [-0.2, -0.15) is 0 Å². The number of benzene rings is 1. The number of anilines is 1. The Morgan fingerprint density at radius 1 is 1.25 bits per heavy atom. The molecule has 0 saturated carbocycles. The normalized spacial score (nSPS) is 21.8. The van der Waals surface area contributed by atoms with Crippen molar-refractivity contribution in [3.05, 3.63) is 26.7 Å². The largest absolute Gasteiger partial charge is 0.479 e. The second kappa shape index (κ2) is 6.30. The fourth-order valence-corrected chi connectivity index (χ4v) is 3.18. The molecular weight excluding hydrogens is 373 g/mol. The van der Waals surface area contributed by atoms with Crippen LogP contribution in [0, 0.1) is 0 Å². The molecule has 1 aliphatic heterocycles. The van der Waals surface area contributed by atoms with Gasteiger partial charge in [0, 0.05) is 4.47 Å². The molecule has 1 amide bonds. The van der Waals surface area contributed by atoms with Gasteiger partial charge in [0.15, 0.2) is 6.10 Å². The highest BCUT2D eigenvalue weighted by Crippen LogP contribution is 2.34. The molecule has 0 bridgehead atoms. The Labute approximate surface area is 133 Å². The van der Waals surface area contributed by atoms with Crippen molar-refractivity contribution < 1.29 is 19.4 Å². The summed E-state index contributed by atoms with van der Waals surface area (Å²) in [6.45, 7) is 0. The van der Waals surface area contributed by atoms with Gasteiger partial charge in [-0.15, -0.1) is 0 Å². The highest BCUT2D eigenvalue weighted by molar-refractivity contribution is 9.10. The molecule has 8 heteroatoms. The van der Waals surface area contributed by atoms with Gasteiger partial charge in [0.05, 0.1) is 15.7 Å². The van der Waals surface area contributed by atoms with Crippen LogP contribution in [0.5, 0.6) is 0 Å². The van der Waals surface area contributed by atoms with E-state index in [0.717, 1.165) is 0 Å². The topological polar surface area (TPSA) is 75.6 Å². The lowest BCUT2D eigenvalue weighted by atomic mass is 10.2. The van der Waals surface area contributed by atoms with Crippen LogP contribution in [0.25, 0.3) is 0 Å². The molecule has 2 rings (SSSR count). The zero-order chi connectivity index (χ0) is 14.9. The summed E-state index contributed by atoms with van der Waals surface area (Å²) in [5.41, 5.74) is 0.281. The molecule has 1 aromatic rings.